The van der Waals surface area contributed by atoms with Crippen molar-refractivity contribution in [1.82, 2.24) is 24.2 Å². The number of aromatic nitrogens is 4. The summed E-state index contributed by atoms with van der Waals surface area (Å²) in [6.07, 6.45) is 2.88. The van der Waals surface area contributed by atoms with E-state index in [2.05, 4.69) is 14.7 Å². The third-order valence-electron chi connectivity index (χ3n) is 5.52. The molecule has 1 aromatic carbocycles. The average Bonchev–Trinajstić information content (AvgIpc) is 3.14. The van der Waals surface area contributed by atoms with E-state index in [9.17, 15) is 13.5 Å². The molecule has 0 radical (unpaired) electrons. The maximum absolute atomic E-state index is 12.0. The number of sulfonamides is 1. The smallest absolute Gasteiger partial charge is 0.209 e. The van der Waals surface area contributed by atoms with Gasteiger partial charge in [0.25, 0.3) is 0 Å². The minimum absolute atomic E-state index is 0.0558. The molecule has 4 rings (SSSR count). The van der Waals surface area contributed by atoms with Crippen LogP contribution in [0.25, 0.3) is 33.2 Å². The molecule has 0 unspecified atom stereocenters. The van der Waals surface area contributed by atoms with Crippen molar-refractivity contribution in [2.75, 3.05) is 18.6 Å². The largest absolute Gasteiger partial charge is 0.392 e. The highest BCUT2D eigenvalue weighted by Gasteiger charge is 2.27. The van der Waals surface area contributed by atoms with E-state index in [4.69, 9.17) is 15.5 Å². The lowest BCUT2D eigenvalue weighted by molar-refractivity contribution is 0.125. The predicted molar refractivity (Wildman–Crippen MR) is 136 cm³/mol. The SMILES string of the molecule is CCOCc1nc2c(N)nc3cc(-c4cccc(CO)c4)cnc3c2n1CC(C)(C)NS(C)(=O)=O. The summed E-state index contributed by atoms with van der Waals surface area (Å²) in [5.41, 5.74) is 10.4. The Bertz CT molecular complexity index is 1500. The summed E-state index contributed by atoms with van der Waals surface area (Å²) in [5.74, 6) is 0.855. The number of rotatable bonds is 9. The number of hydrogen-bond acceptors (Lipinski definition) is 8. The summed E-state index contributed by atoms with van der Waals surface area (Å²) in [7, 11) is -3.45. The first-order valence-electron chi connectivity index (χ1n) is 11.2. The molecular weight excluding hydrogens is 468 g/mol. The van der Waals surface area contributed by atoms with E-state index in [1.54, 1.807) is 20.0 Å². The topological polar surface area (TPSA) is 145 Å². The Morgan fingerprint density at radius 3 is 2.63 bits per heavy atom. The molecule has 11 heteroatoms. The number of ether oxygens (including phenoxy) is 1. The van der Waals surface area contributed by atoms with Crippen molar-refractivity contribution in [2.24, 2.45) is 0 Å². The Labute approximate surface area is 204 Å². The van der Waals surface area contributed by atoms with Crippen molar-refractivity contribution in [3.8, 4) is 11.1 Å². The van der Waals surface area contributed by atoms with E-state index in [-0.39, 0.29) is 25.6 Å². The highest BCUT2D eigenvalue weighted by atomic mass is 32.2. The number of nitrogens with two attached hydrogens (primary N) is 1. The van der Waals surface area contributed by atoms with Gasteiger partial charge < -0.3 is 20.1 Å². The number of pyridine rings is 2. The van der Waals surface area contributed by atoms with Crippen LogP contribution in [0.2, 0.25) is 0 Å². The van der Waals surface area contributed by atoms with Gasteiger partial charge in [-0.15, -0.1) is 0 Å². The number of anilines is 1. The molecule has 0 bridgehead atoms. The van der Waals surface area contributed by atoms with Gasteiger partial charge in [-0.05, 0) is 44.0 Å². The molecule has 0 fully saturated rings. The van der Waals surface area contributed by atoms with Crippen LogP contribution in [0, 0.1) is 0 Å². The molecule has 186 valence electrons. The fourth-order valence-corrected chi connectivity index (χ4v) is 5.30. The molecule has 0 amide bonds. The van der Waals surface area contributed by atoms with E-state index in [1.165, 1.54) is 0 Å². The second-order valence-corrected chi connectivity index (χ2v) is 10.9. The van der Waals surface area contributed by atoms with Crippen molar-refractivity contribution in [2.45, 2.75) is 46.1 Å². The molecular formula is C24H30N6O4S. The van der Waals surface area contributed by atoms with Crippen LogP contribution in [0.4, 0.5) is 5.82 Å². The summed E-state index contributed by atoms with van der Waals surface area (Å²) in [6.45, 7) is 6.44. The van der Waals surface area contributed by atoms with E-state index in [0.29, 0.717) is 34.5 Å². The monoisotopic (exact) mass is 498 g/mol. The number of fused-ring (bicyclic) bond motifs is 3. The molecule has 0 aliphatic rings. The first-order chi connectivity index (χ1) is 16.5. The average molecular weight is 499 g/mol. The quantitative estimate of drug-likeness (QED) is 0.319. The lowest BCUT2D eigenvalue weighted by atomic mass is 10.0. The molecule has 4 aromatic rings. The van der Waals surface area contributed by atoms with Crippen LogP contribution in [-0.2, 0) is 34.5 Å². The third-order valence-corrected chi connectivity index (χ3v) is 6.44. The van der Waals surface area contributed by atoms with Crippen LogP contribution >= 0.6 is 0 Å². The second-order valence-electron chi connectivity index (χ2n) is 9.15. The first-order valence-corrected chi connectivity index (χ1v) is 13.1. The van der Waals surface area contributed by atoms with Gasteiger partial charge in [-0.1, -0.05) is 18.2 Å². The number of hydrogen-bond donors (Lipinski definition) is 3. The van der Waals surface area contributed by atoms with Crippen molar-refractivity contribution in [1.29, 1.82) is 0 Å². The summed E-state index contributed by atoms with van der Waals surface area (Å²) >= 11 is 0. The standard InChI is InChI=1S/C24H30N6O4S/c1-5-34-13-19-28-21-22(30(19)14-24(2,3)29-35(4,32)33)20-18(27-23(21)25)10-17(11-26-20)16-8-6-7-15(9-16)12-31/h6-11,29,31H,5,12-14H2,1-4H3,(H2,25,27). The van der Waals surface area contributed by atoms with Gasteiger partial charge in [-0.3, -0.25) is 4.98 Å². The maximum Gasteiger partial charge on any atom is 0.209 e. The third kappa shape index (κ3) is 5.43. The lowest BCUT2D eigenvalue weighted by Crippen LogP contribution is -2.46. The van der Waals surface area contributed by atoms with Crippen LogP contribution < -0.4 is 10.5 Å². The summed E-state index contributed by atoms with van der Waals surface area (Å²) in [6, 6.07) is 9.46. The van der Waals surface area contributed by atoms with Gasteiger partial charge in [-0.2, -0.15) is 0 Å². The fourth-order valence-electron chi connectivity index (χ4n) is 4.23. The maximum atomic E-state index is 12.0. The number of nitrogens with zero attached hydrogens (tertiary/aromatic N) is 4. The van der Waals surface area contributed by atoms with Crippen LogP contribution in [0.5, 0.6) is 0 Å². The Morgan fingerprint density at radius 2 is 1.94 bits per heavy atom. The highest BCUT2D eigenvalue weighted by molar-refractivity contribution is 7.88. The van der Waals surface area contributed by atoms with E-state index in [1.807, 2.05) is 41.8 Å². The molecule has 4 N–H and O–H groups in total. The highest BCUT2D eigenvalue weighted by Crippen LogP contribution is 2.31. The molecule has 0 spiro atoms. The number of aliphatic hydroxyl groups is 1. The van der Waals surface area contributed by atoms with Crippen LogP contribution in [0.3, 0.4) is 0 Å². The Balaban J connectivity index is 1.91. The van der Waals surface area contributed by atoms with Gasteiger partial charge in [0, 0.05) is 30.5 Å². The van der Waals surface area contributed by atoms with Gasteiger partial charge in [0.1, 0.15) is 29.0 Å². The summed E-state index contributed by atoms with van der Waals surface area (Å²) in [5, 5.41) is 9.49. The van der Waals surface area contributed by atoms with Gasteiger partial charge in [0.2, 0.25) is 10.0 Å². The number of nitrogen functional groups attached to an aromatic ring is 1. The molecule has 0 aliphatic carbocycles. The summed E-state index contributed by atoms with van der Waals surface area (Å²) < 4.78 is 34.1. The van der Waals surface area contributed by atoms with Crippen molar-refractivity contribution in [3.05, 3.63) is 47.9 Å². The zero-order valence-corrected chi connectivity index (χ0v) is 21.1. The molecule has 0 atom stereocenters. The molecule has 0 saturated heterocycles. The normalized spacial score (nSPS) is 12.6. The molecule has 35 heavy (non-hydrogen) atoms. The molecule has 0 saturated carbocycles. The van der Waals surface area contributed by atoms with Gasteiger partial charge in [0.05, 0.1) is 18.4 Å². The van der Waals surface area contributed by atoms with Crippen LogP contribution in [0.1, 0.15) is 32.2 Å². The minimum Gasteiger partial charge on any atom is -0.392 e. The Morgan fingerprint density at radius 1 is 1.17 bits per heavy atom. The van der Waals surface area contributed by atoms with Crippen molar-refractivity contribution < 1.29 is 18.3 Å². The van der Waals surface area contributed by atoms with Gasteiger partial charge in [0.15, 0.2) is 5.82 Å². The second kappa shape index (κ2) is 9.50. The minimum atomic E-state index is -3.45. The zero-order chi connectivity index (χ0) is 25.4. The van der Waals surface area contributed by atoms with Crippen LogP contribution in [-0.4, -0.2) is 51.4 Å². The lowest BCUT2D eigenvalue weighted by Gasteiger charge is -2.27. The van der Waals surface area contributed by atoms with E-state index >= 15 is 0 Å². The number of imidazole rings is 1. The summed E-state index contributed by atoms with van der Waals surface area (Å²) in [4.78, 5) is 14.0. The molecule has 10 nitrogen and oxygen atoms in total. The predicted octanol–water partition coefficient (Wildman–Crippen LogP) is 2.59. The fraction of sp³-hybridized carbons (Fsp3) is 0.375. The number of nitrogens with one attached hydrogen (secondary N) is 1. The zero-order valence-electron chi connectivity index (χ0n) is 20.2. The Hall–Kier alpha value is -3.12. The first kappa shape index (κ1) is 25.0. The van der Waals surface area contributed by atoms with Crippen LogP contribution in [0.15, 0.2) is 36.5 Å². The molecule has 3 heterocycles. The number of benzene rings is 1. The molecule has 3 aromatic heterocycles. The molecule has 0 aliphatic heterocycles. The van der Waals surface area contributed by atoms with E-state index < -0.39 is 15.6 Å². The van der Waals surface area contributed by atoms with Gasteiger partial charge >= 0.3 is 0 Å². The number of aliphatic hydroxyl groups excluding tert-OH is 1. The van der Waals surface area contributed by atoms with Crippen molar-refractivity contribution >= 4 is 37.9 Å². The Kier molecular flexibility index (Phi) is 6.78. The van der Waals surface area contributed by atoms with Crippen molar-refractivity contribution in [3.63, 3.8) is 0 Å². The van der Waals surface area contributed by atoms with E-state index in [0.717, 1.165) is 22.9 Å². The van der Waals surface area contributed by atoms with Gasteiger partial charge in [-0.25, -0.2) is 23.1 Å².